The van der Waals surface area contributed by atoms with Crippen molar-refractivity contribution in [3.05, 3.63) is 37.9 Å². The maximum atomic E-state index is 12.2. The predicted molar refractivity (Wildman–Crippen MR) is 113 cm³/mol. The van der Waals surface area contributed by atoms with Crippen molar-refractivity contribution in [1.29, 1.82) is 0 Å². The highest BCUT2D eigenvalue weighted by molar-refractivity contribution is 7.18. The molecule has 0 atom stereocenters. The summed E-state index contributed by atoms with van der Waals surface area (Å²) in [7, 11) is 2.35. The van der Waals surface area contributed by atoms with Gasteiger partial charge in [-0.1, -0.05) is 0 Å². The minimum atomic E-state index is -0.817. The van der Waals surface area contributed by atoms with Crippen LogP contribution < -0.4 is 10.6 Å². The summed E-state index contributed by atoms with van der Waals surface area (Å²) in [5.74, 6) is -3.40. The van der Waals surface area contributed by atoms with Gasteiger partial charge < -0.3 is 24.8 Å². The topological polar surface area (TPSA) is 137 Å². The van der Waals surface area contributed by atoms with E-state index in [4.69, 9.17) is 9.47 Å². The molecule has 2 amide bonds. The Morgan fingerprint density at radius 2 is 1.65 bits per heavy atom. The molecule has 0 saturated carbocycles. The Hall–Kier alpha value is -3.25. The number of rotatable bonds is 8. The van der Waals surface area contributed by atoms with Gasteiger partial charge in [0.15, 0.2) is 6.61 Å². The van der Waals surface area contributed by atoms with Crippen LogP contribution in [0.4, 0.5) is 5.00 Å². The molecule has 0 unspecified atom stereocenters. The minimum Gasteiger partial charge on any atom is -0.465 e. The van der Waals surface area contributed by atoms with Gasteiger partial charge in [0, 0.05) is 4.88 Å². The summed E-state index contributed by atoms with van der Waals surface area (Å²) in [6.45, 7) is 2.30. The van der Waals surface area contributed by atoms with Crippen molar-refractivity contribution in [2.45, 2.75) is 13.8 Å². The largest absolute Gasteiger partial charge is 0.465 e. The van der Waals surface area contributed by atoms with Crippen molar-refractivity contribution < 1.29 is 38.2 Å². The summed E-state index contributed by atoms with van der Waals surface area (Å²) < 4.78 is 14.2. The highest BCUT2D eigenvalue weighted by Crippen LogP contribution is 2.34. The number of nitrogens with one attached hydrogen (secondary N) is 2. The Kier molecular flexibility index (Phi) is 8.28. The van der Waals surface area contributed by atoms with Crippen LogP contribution in [0.2, 0.25) is 0 Å². The average Bonchev–Trinajstić information content (AvgIpc) is 3.32. The second kappa shape index (κ2) is 10.7. The third-order valence-corrected chi connectivity index (χ3v) is 6.07. The van der Waals surface area contributed by atoms with E-state index in [1.165, 1.54) is 25.4 Å². The van der Waals surface area contributed by atoms with E-state index >= 15 is 0 Å². The number of hydrogen-bond acceptors (Lipinski definition) is 10. The Balaban J connectivity index is 1.94. The van der Waals surface area contributed by atoms with Gasteiger partial charge in [0.05, 0.1) is 24.7 Å². The highest BCUT2D eigenvalue weighted by atomic mass is 32.1. The Morgan fingerprint density at radius 3 is 2.23 bits per heavy atom. The molecule has 0 saturated heterocycles. The molecule has 0 aliphatic heterocycles. The second-order valence-corrected chi connectivity index (χ2v) is 8.35. The van der Waals surface area contributed by atoms with Gasteiger partial charge in [0.2, 0.25) is 0 Å². The van der Waals surface area contributed by atoms with Gasteiger partial charge >= 0.3 is 17.9 Å². The molecule has 0 spiro atoms. The monoisotopic (exact) mass is 468 g/mol. The number of amides is 2. The lowest BCUT2D eigenvalue weighted by Gasteiger charge is -2.07. The van der Waals surface area contributed by atoms with Crippen LogP contribution in [0.3, 0.4) is 0 Å². The number of carbonyl (C=O) groups is 5. The SMILES string of the molecule is COC(=O)c1sc(NC(=O)COC(=O)CNC(=O)c2ccc(C)s2)c(C(=O)OC)c1C. The quantitative estimate of drug-likeness (QED) is 0.443. The molecule has 12 heteroatoms. The van der Waals surface area contributed by atoms with Gasteiger partial charge in [-0.15, -0.1) is 22.7 Å². The molecule has 0 aliphatic rings. The lowest BCUT2D eigenvalue weighted by molar-refractivity contribution is -0.146. The van der Waals surface area contributed by atoms with Crippen LogP contribution in [0.15, 0.2) is 12.1 Å². The highest BCUT2D eigenvalue weighted by Gasteiger charge is 2.27. The van der Waals surface area contributed by atoms with Crippen molar-refractivity contribution >= 4 is 57.4 Å². The number of ether oxygens (including phenoxy) is 3. The summed E-state index contributed by atoms with van der Waals surface area (Å²) in [5, 5.41) is 4.89. The van der Waals surface area contributed by atoms with E-state index in [-0.39, 0.29) is 15.4 Å². The average molecular weight is 469 g/mol. The fourth-order valence-electron chi connectivity index (χ4n) is 2.39. The molecule has 0 aliphatic carbocycles. The lowest BCUT2D eigenvalue weighted by Crippen LogP contribution is -2.31. The predicted octanol–water partition coefficient (Wildman–Crippen LogP) is 1.91. The molecule has 0 radical (unpaired) electrons. The number of thiophene rings is 2. The summed E-state index contributed by atoms with van der Waals surface area (Å²) in [4.78, 5) is 61.3. The van der Waals surface area contributed by atoms with Crippen molar-refractivity contribution in [3.63, 3.8) is 0 Å². The zero-order valence-corrected chi connectivity index (χ0v) is 18.8. The van der Waals surface area contributed by atoms with E-state index in [2.05, 4.69) is 15.4 Å². The number of anilines is 1. The van der Waals surface area contributed by atoms with Gasteiger partial charge in [0.25, 0.3) is 11.8 Å². The van der Waals surface area contributed by atoms with Crippen molar-refractivity contribution in [3.8, 4) is 0 Å². The van der Waals surface area contributed by atoms with Crippen molar-refractivity contribution in [1.82, 2.24) is 5.32 Å². The van der Waals surface area contributed by atoms with Crippen LogP contribution in [0, 0.1) is 13.8 Å². The van der Waals surface area contributed by atoms with Crippen LogP contribution in [-0.2, 0) is 23.8 Å². The van der Waals surface area contributed by atoms with E-state index in [1.54, 1.807) is 12.1 Å². The smallest absolute Gasteiger partial charge is 0.348 e. The second-order valence-electron chi connectivity index (χ2n) is 6.05. The zero-order chi connectivity index (χ0) is 23.1. The van der Waals surface area contributed by atoms with E-state index in [9.17, 15) is 24.0 Å². The number of hydrogen-bond donors (Lipinski definition) is 2. The van der Waals surface area contributed by atoms with Crippen molar-refractivity contribution in [2.24, 2.45) is 0 Å². The molecule has 2 heterocycles. The lowest BCUT2D eigenvalue weighted by atomic mass is 10.1. The molecule has 31 heavy (non-hydrogen) atoms. The molecule has 166 valence electrons. The summed E-state index contributed by atoms with van der Waals surface area (Å²) >= 11 is 2.12. The van der Waals surface area contributed by atoms with E-state index < -0.39 is 42.9 Å². The van der Waals surface area contributed by atoms with Gasteiger partial charge in [0.1, 0.15) is 16.4 Å². The number of methoxy groups -OCH3 is 2. The maximum Gasteiger partial charge on any atom is 0.348 e. The van der Waals surface area contributed by atoms with Gasteiger partial charge in [-0.3, -0.25) is 14.4 Å². The van der Waals surface area contributed by atoms with Gasteiger partial charge in [-0.25, -0.2) is 9.59 Å². The number of aryl methyl sites for hydroxylation is 1. The Bertz CT molecular complexity index is 1020. The van der Waals surface area contributed by atoms with Gasteiger partial charge in [-0.2, -0.15) is 0 Å². The Morgan fingerprint density at radius 1 is 0.968 bits per heavy atom. The summed E-state index contributed by atoms with van der Waals surface area (Å²) in [6.07, 6.45) is 0. The molecule has 0 fully saturated rings. The number of esters is 3. The van der Waals surface area contributed by atoms with Crippen LogP contribution in [0.25, 0.3) is 0 Å². The first-order valence-electron chi connectivity index (χ1n) is 8.78. The fraction of sp³-hybridized carbons (Fsp3) is 0.316. The molecule has 0 bridgehead atoms. The van der Waals surface area contributed by atoms with Crippen molar-refractivity contribution in [2.75, 3.05) is 32.7 Å². The standard InChI is InChI=1S/C19H20N2O8S2/c1-9-5-6-11(30-9)16(24)20-7-13(23)29-8-12(22)21-17-14(18(25)27-3)10(2)15(31-17)19(26)28-4/h5-6H,7-8H2,1-4H3,(H,20,24)(H,21,22). The molecular weight excluding hydrogens is 448 g/mol. The van der Waals surface area contributed by atoms with E-state index in [0.717, 1.165) is 23.3 Å². The minimum absolute atomic E-state index is 0.00563. The molecule has 2 aromatic heterocycles. The van der Waals surface area contributed by atoms with Crippen LogP contribution in [0.1, 0.15) is 40.1 Å². The van der Waals surface area contributed by atoms with Crippen LogP contribution in [0.5, 0.6) is 0 Å². The molecule has 2 rings (SSSR count). The number of carbonyl (C=O) groups excluding carboxylic acids is 5. The first-order valence-corrected chi connectivity index (χ1v) is 10.4. The molecular formula is C19H20N2O8S2. The fourth-order valence-corrected chi connectivity index (χ4v) is 4.31. The van der Waals surface area contributed by atoms with Gasteiger partial charge in [-0.05, 0) is 31.5 Å². The normalized spacial score (nSPS) is 10.2. The first-order chi connectivity index (χ1) is 14.7. The third kappa shape index (κ3) is 6.12. The molecule has 10 nitrogen and oxygen atoms in total. The molecule has 0 aromatic carbocycles. The van der Waals surface area contributed by atoms with Crippen LogP contribution >= 0.6 is 22.7 Å². The molecule has 2 aromatic rings. The first kappa shape index (κ1) is 24.0. The Labute approximate surface area is 185 Å². The summed E-state index contributed by atoms with van der Waals surface area (Å²) in [5.41, 5.74) is 0.300. The molecule has 2 N–H and O–H groups in total. The van der Waals surface area contributed by atoms with E-state index in [0.29, 0.717) is 10.4 Å². The maximum absolute atomic E-state index is 12.2. The third-order valence-electron chi connectivity index (χ3n) is 3.88. The van der Waals surface area contributed by atoms with E-state index in [1.807, 2.05) is 6.92 Å². The zero-order valence-electron chi connectivity index (χ0n) is 17.2. The summed E-state index contributed by atoms with van der Waals surface area (Å²) in [6, 6.07) is 3.42. The van der Waals surface area contributed by atoms with Crippen LogP contribution in [-0.4, -0.2) is 57.1 Å².